The van der Waals surface area contributed by atoms with Gasteiger partial charge in [-0.05, 0) is 43.7 Å². The van der Waals surface area contributed by atoms with Gasteiger partial charge in [0.1, 0.15) is 0 Å². The highest BCUT2D eigenvalue weighted by molar-refractivity contribution is 5.85. The van der Waals surface area contributed by atoms with Crippen LogP contribution in [0.15, 0.2) is 0 Å². The summed E-state index contributed by atoms with van der Waals surface area (Å²) in [6.07, 6.45) is 6.51. The van der Waals surface area contributed by atoms with Crippen LogP contribution in [-0.4, -0.2) is 56.2 Å². The van der Waals surface area contributed by atoms with E-state index in [-0.39, 0.29) is 23.7 Å². The minimum Gasteiger partial charge on any atom is -0.376 e. The van der Waals surface area contributed by atoms with Gasteiger partial charge in [-0.1, -0.05) is 26.7 Å². The molecule has 1 aliphatic carbocycles. The third kappa shape index (κ3) is 6.57. The molecule has 1 heterocycles. The molecule has 0 aromatic heterocycles. The number of carbonyl (C=O) groups is 1. The summed E-state index contributed by atoms with van der Waals surface area (Å²) in [5.41, 5.74) is 5.98. The number of amides is 1. The molecule has 0 bridgehead atoms. The lowest BCUT2D eigenvalue weighted by Gasteiger charge is -2.28. The Morgan fingerprint density at radius 3 is 2.78 bits per heavy atom. The average molecular weight is 348 g/mol. The summed E-state index contributed by atoms with van der Waals surface area (Å²) in [5, 5.41) is 2.97. The molecular weight excluding hydrogens is 314 g/mol. The summed E-state index contributed by atoms with van der Waals surface area (Å²) >= 11 is 0. The van der Waals surface area contributed by atoms with E-state index in [2.05, 4.69) is 24.1 Å². The Morgan fingerprint density at radius 1 is 1.39 bits per heavy atom. The second-order valence-electron chi connectivity index (χ2n) is 7.50. The largest absolute Gasteiger partial charge is 0.376 e. The van der Waals surface area contributed by atoms with E-state index in [0.717, 1.165) is 19.5 Å². The van der Waals surface area contributed by atoms with Crippen LogP contribution >= 0.6 is 12.4 Å². The van der Waals surface area contributed by atoms with Crippen molar-refractivity contribution in [3.8, 4) is 0 Å². The molecule has 0 radical (unpaired) electrons. The Labute approximate surface area is 147 Å². The van der Waals surface area contributed by atoms with E-state index in [1.165, 1.54) is 25.7 Å². The Balaban J connectivity index is 0.00000264. The second kappa shape index (κ2) is 9.82. The maximum Gasteiger partial charge on any atom is 0.234 e. The summed E-state index contributed by atoms with van der Waals surface area (Å²) in [5.74, 6) is 0.754. The molecule has 5 nitrogen and oxygen atoms in total. The van der Waals surface area contributed by atoms with E-state index in [0.29, 0.717) is 38.3 Å². The first kappa shape index (κ1) is 20.7. The number of halogens is 1. The number of ether oxygens (including phenoxy) is 1. The molecule has 2 fully saturated rings. The number of carbonyl (C=O) groups excluding carboxylic acids is 1. The summed E-state index contributed by atoms with van der Waals surface area (Å²) in [6.45, 7) is 8.78. The quantitative estimate of drug-likeness (QED) is 0.689. The summed E-state index contributed by atoms with van der Waals surface area (Å²) in [4.78, 5) is 14.2. The van der Waals surface area contributed by atoms with Gasteiger partial charge >= 0.3 is 0 Å². The molecule has 0 spiro atoms. The van der Waals surface area contributed by atoms with E-state index in [9.17, 15) is 4.79 Å². The molecule has 2 aliphatic rings. The zero-order valence-corrected chi connectivity index (χ0v) is 15.5. The van der Waals surface area contributed by atoms with Crippen LogP contribution in [0.25, 0.3) is 0 Å². The van der Waals surface area contributed by atoms with Crippen molar-refractivity contribution in [1.82, 2.24) is 10.2 Å². The van der Waals surface area contributed by atoms with E-state index in [4.69, 9.17) is 10.5 Å². The van der Waals surface area contributed by atoms with Gasteiger partial charge in [0.2, 0.25) is 5.91 Å². The van der Waals surface area contributed by atoms with Crippen molar-refractivity contribution in [2.75, 3.05) is 39.3 Å². The van der Waals surface area contributed by atoms with Crippen molar-refractivity contribution in [2.45, 2.75) is 52.1 Å². The molecule has 3 N–H and O–H groups in total. The van der Waals surface area contributed by atoms with Gasteiger partial charge in [0.15, 0.2) is 0 Å². The van der Waals surface area contributed by atoms with Crippen molar-refractivity contribution in [3.05, 3.63) is 0 Å². The van der Waals surface area contributed by atoms with E-state index in [1.807, 2.05) is 0 Å². The first-order valence-electron chi connectivity index (χ1n) is 8.83. The van der Waals surface area contributed by atoms with Crippen molar-refractivity contribution in [2.24, 2.45) is 17.1 Å². The Morgan fingerprint density at radius 2 is 2.13 bits per heavy atom. The van der Waals surface area contributed by atoms with E-state index >= 15 is 0 Å². The third-order valence-corrected chi connectivity index (χ3v) is 5.29. The molecule has 1 amide bonds. The van der Waals surface area contributed by atoms with Crippen molar-refractivity contribution >= 4 is 18.3 Å². The second-order valence-corrected chi connectivity index (χ2v) is 7.50. The zero-order valence-electron chi connectivity index (χ0n) is 14.7. The Bertz CT molecular complexity index is 370. The highest BCUT2D eigenvalue weighted by atomic mass is 35.5. The van der Waals surface area contributed by atoms with Crippen LogP contribution in [0.2, 0.25) is 0 Å². The fourth-order valence-corrected chi connectivity index (χ4v) is 3.62. The van der Waals surface area contributed by atoms with Crippen molar-refractivity contribution < 1.29 is 9.53 Å². The predicted octanol–water partition coefficient (Wildman–Crippen LogP) is 1.79. The maximum absolute atomic E-state index is 12.0. The Hall–Kier alpha value is -0.360. The molecule has 1 saturated heterocycles. The van der Waals surface area contributed by atoms with Crippen LogP contribution in [0.4, 0.5) is 0 Å². The number of nitrogens with two attached hydrogens (primary N) is 1. The fraction of sp³-hybridized carbons (Fsp3) is 0.941. The molecule has 23 heavy (non-hydrogen) atoms. The predicted molar refractivity (Wildman–Crippen MR) is 95.8 cm³/mol. The smallest absolute Gasteiger partial charge is 0.234 e. The topological polar surface area (TPSA) is 67.6 Å². The number of hydrogen-bond acceptors (Lipinski definition) is 4. The molecule has 6 heteroatoms. The fourth-order valence-electron chi connectivity index (χ4n) is 3.62. The maximum atomic E-state index is 12.0. The lowest BCUT2D eigenvalue weighted by molar-refractivity contribution is -0.122. The Kier molecular flexibility index (Phi) is 8.83. The van der Waals surface area contributed by atoms with Gasteiger partial charge in [-0.25, -0.2) is 0 Å². The number of rotatable bonds is 7. The lowest BCUT2D eigenvalue weighted by Crippen LogP contribution is -2.39. The highest BCUT2D eigenvalue weighted by Crippen LogP contribution is 2.28. The molecule has 1 saturated carbocycles. The van der Waals surface area contributed by atoms with Gasteiger partial charge < -0.3 is 15.8 Å². The highest BCUT2D eigenvalue weighted by Gasteiger charge is 2.33. The number of nitrogens with zero attached hydrogens (tertiary/aromatic N) is 1. The first-order valence-corrected chi connectivity index (χ1v) is 8.83. The van der Waals surface area contributed by atoms with Crippen LogP contribution in [0.5, 0.6) is 0 Å². The molecule has 0 aromatic rings. The van der Waals surface area contributed by atoms with Crippen LogP contribution < -0.4 is 11.1 Å². The van der Waals surface area contributed by atoms with Crippen LogP contribution in [-0.2, 0) is 9.53 Å². The third-order valence-electron chi connectivity index (χ3n) is 5.29. The van der Waals surface area contributed by atoms with Crippen molar-refractivity contribution in [3.63, 3.8) is 0 Å². The van der Waals surface area contributed by atoms with Crippen molar-refractivity contribution in [1.29, 1.82) is 0 Å². The van der Waals surface area contributed by atoms with Gasteiger partial charge in [0.05, 0.1) is 19.3 Å². The molecule has 3 atom stereocenters. The summed E-state index contributed by atoms with van der Waals surface area (Å²) in [7, 11) is 0. The van der Waals surface area contributed by atoms with Gasteiger partial charge in [0.25, 0.3) is 0 Å². The SMILES string of the molecule is CC1CCCCC1OCCNC(=O)CN1CCC(C)(CN)C1.Cl. The minimum absolute atomic E-state index is 0. The molecule has 1 aliphatic heterocycles. The monoisotopic (exact) mass is 347 g/mol. The van der Waals surface area contributed by atoms with E-state index < -0.39 is 0 Å². The molecule has 136 valence electrons. The molecular formula is C17H34ClN3O2. The summed E-state index contributed by atoms with van der Waals surface area (Å²) < 4.78 is 5.92. The zero-order chi connectivity index (χ0) is 16.0. The van der Waals surface area contributed by atoms with Crippen LogP contribution in [0.1, 0.15) is 46.0 Å². The average Bonchev–Trinajstić information content (AvgIpc) is 2.87. The first-order chi connectivity index (χ1) is 10.5. The standard InChI is InChI=1S/C17H33N3O2.ClH/c1-14-5-3-4-6-15(14)22-10-8-19-16(21)11-20-9-7-17(2,12-18)13-20;/h14-15H,3-13,18H2,1-2H3,(H,19,21);1H. The minimum atomic E-state index is 0. The van der Waals surface area contributed by atoms with Crippen LogP contribution in [0.3, 0.4) is 0 Å². The normalized spacial score (nSPS) is 31.6. The van der Waals surface area contributed by atoms with Crippen LogP contribution in [0, 0.1) is 11.3 Å². The molecule has 2 rings (SSSR count). The van der Waals surface area contributed by atoms with E-state index in [1.54, 1.807) is 0 Å². The van der Waals surface area contributed by atoms with Gasteiger partial charge in [-0.3, -0.25) is 9.69 Å². The molecule has 3 unspecified atom stereocenters. The lowest BCUT2D eigenvalue weighted by atomic mass is 9.88. The van der Waals surface area contributed by atoms with Gasteiger partial charge in [0, 0.05) is 13.1 Å². The number of hydrogen-bond donors (Lipinski definition) is 2. The molecule has 0 aromatic carbocycles. The van der Waals surface area contributed by atoms with Gasteiger partial charge in [-0.15, -0.1) is 12.4 Å². The van der Waals surface area contributed by atoms with Gasteiger partial charge in [-0.2, -0.15) is 0 Å². The number of likely N-dealkylation sites (tertiary alicyclic amines) is 1. The number of nitrogens with one attached hydrogen (secondary N) is 1. The summed E-state index contributed by atoms with van der Waals surface area (Å²) in [6, 6.07) is 0.